The minimum Gasteiger partial charge on any atom is -0.497 e. The molecule has 6 nitrogen and oxygen atoms in total. The first-order valence-corrected chi connectivity index (χ1v) is 9.48. The Balaban J connectivity index is 1.53. The van der Waals surface area contributed by atoms with Crippen molar-refractivity contribution >= 4 is 17.5 Å². The molecule has 148 valence electrons. The van der Waals surface area contributed by atoms with E-state index >= 15 is 0 Å². The standard InChI is InChI=1S/C23H22N2O4/c1-15-12-18-6-5-16(14-24-22(26)21-4-3-11-29-21)13-20(18)25(15)23(27)17-7-9-19(28-2)10-8-17/h3-11,13,15H,12,14H2,1-2H3,(H,24,26)/t15-/m0/s1. The molecule has 1 aliphatic rings. The normalized spacial score (nSPS) is 15.1. The summed E-state index contributed by atoms with van der Waals surface area (Å²) in [6, 6.07) is 16.5. The summed E-state index contributed by atoms with van der Waals surface area (Å²) >= 11 is 0. The van der Waals surface area contributed by atoms with Crippen molar-refractivity contribution in [3.63, 3.8) is 0 Å². The molecule has 1 aromatic heterocycles. The first-order valence-electron chi connectivity index (χ1n) is 9.48. The van der Waals surface area contributed by atoms with Crippen LogP contribution in [0.5, 0.6) is 5.75 Å². The van der Waals surface area contributed by atoms with Crippen molar-refractivity contribution in [2.75, 3.05) is 12.0 Å². The zero-order chi connectivity index (χ0) is 20.4. The van der Waals surface area contributed by atoms with Crippen molar-refractivity contribution in [2.24, 2.45) is 0 Å². The van der Waals surface area contributed by atoms with Crippen molar-refractivity contribution in [3.8, 4) is 5.75 Å². The highest BCUT2D eigenvalue weighted by atomic mass is 16.5. The average molecular weight is 390 g/mol. The van der Waals surface area contributed by atoms with Gasteiger partial charge in [0.05, 0.1) is 13.4 Å². The lowest BCUT2D eigenvalue weighted by molar-refractivity contribution is 0.0922. The summed E-state index contributed by atoms with van der Waals surface area (Å²) < 4.78 is 10.3. The third-order valence-electron chi connectivity index (χ3n) is 5.12. The number of rotatable bonds is 5. The van der Waals surface area contributed by atoms with Gasteiger partial charge in [0.2, 0.25) is 0 Å². The molecular formula is C23H22N2O4. The van der Waals surface area contributed by atoms with Gasteiger partial charge in [0.1, 0.15) is 5.75 Å². The minimum atomic E-state index is -0.268. The van der Waals surface area contributed by atoms with Crippen LogP contribution in [0.2, 0.25) is 0 Å². The number of hydrogen-bond acceptors (Lipinski definition) is 4. The van der Waals surface area contributed by atoms with Crippen LogP contribution >= 0.6 is 0 Å². The molecule has 1 aliphatic heterocycles. The third-order valence-corrected chi connectivity index (χ3v) is 5.12. The second kappa shape index (κ2) is 7.83. The number of carbonyl (C=O) groups excluding carboxylic acids is 2. The van der Waals surface area contributed by atoms with E-state index < -0.39 is 0 Å². The molecule has 2 heterocycles. The Labute approximate surface area is 169 Å². The Morgan fingerprint density at radius 3 is 2.66 bits per heavy atom. The van der Waals surface area contributed by atoms with Gasteiger partial charge in [0.25, 0.3) is 11.8 Å². The second-order valence-electron chi connectivity index (χ2n) is 7.08. The van der Waals surface area contributed by atoms with Crippen molar-refractivity contribution < 1.29 is 18.7 Å². The molecule has 0 saturated carbocycles. The Kier molecular flexibility index (Phi) is 5.08. The largest absolute Gasteiger partial charge is 0.497 e. The number of anilines is 1. The van der Waals surface area contributed by atoms with E-state index in [1.165, 1.54) is 6.26 Å². The van der Waals surface area contributed by atoms with E-state index in [0.29, 0.717) is 17.9 Å². The molecular weight excluding hydrogens is 368 g/mol. The topological polar surface area (TPSA) is 71.8 Å². The molecule has 3 aromatic rings. The van der Waals surface area contributed by atoms with E-state index in [9.17, 15) is 9.59 Å². The summed E-state index contributed by atoms with van der Waals surface area (Å²) in [5, 5.41) is 2.84. The molecule has 0 unspecified atom stereocenters. The number of ether oxygens (including phenoxy) is 1. The molecule has 2 amide bonds. The Hall–Kier alpha value is -3.54. The van der Waals surface area contributed by atoms with Crippen LogP contribution in [0.4, 0.5) is 5.69 Å². The van der Waals surface area contributed by atoms with Gasteiger partial charge in [-0.2, -0.15) is 0 Å². The zero-order valence-corrected chi connectivity index (χ0v) is 16.3. The highest BCUT2D eigenvalue weighted by Gasteiger charge is 2.31. The molecule has 0 spiro atoms. The molecule has 0 saturated heterocycles. The number of carbonyl (C=O) groups is 2. The first-order chi connectivity index (χ1) is 14.1. The predicted molar refractivity (Wildman–Crippen MR) is 109 cm³/mol. The van der Waals surface area contributed by atoms with Gasteiger partial charge in [-0.25, -0.2) is 0 Å². The highest BCUT2D eigenvalue weighted by Crippen LogP contribution is 2.34. The fourth-order valence-electron chi connectivity index (χ4n) is 3.62. The van der Waals surface area contributed by atoms with Crippen molar-refractivity contribution in [3.05, 3.63) is 83.3 Å². The van der Waals surface area contributed by atoms with Crippen LogP contribution in [0.1, 0.15) is 39.0 Å². The van der Waals surface area contributed by atoms with Crippen molar-refractivity contribution in [2.45, 2.75) is 25.9 Å². The Bertz CT molecular complexity index is 1030. The van der Waals surface area contributed by atoms with E-state index in [0.717, 1.165) is 23.2 Å². The second-order valence-corrected chi connectivity index (χ2v) is 7.08. The number of furan rings is 1. The van der Waals surface area contributed by atoms with Gasteiger partial charge >= 0.3 is 0 Å². The number of methoxy groups -OCH3 is 1. The number of nitrogens with one attached hydrogen (secondary N) is 1. The summed E-state index contributed by atoms with van der Waals surface area (Å²) in [4.78, 5) is 27.1. The maximum Gasteiger partial charge on any atom is 0.287 e. The van der Waals surface area contributed by atoms with Crippen LogP contribution in [0.25, 0.3) is 0 Å². The quantitative estimate of drug-likeness (QED) is 0.719. The van der Waals surface area contributed by atoms with Crippen LogP contribution in [-0.4, -0.2) is 25.0 Å². The summed E-state index contributed by atoms with van der Waals surface area (Å²) in [6.07, 6.45) is 2.27. The van der Waals surface area contributed by atoms with Gasteiger partial charge in [-0.15, -0.1) is 0 Å². The van der Waals surface area contributed by atoms with Crippen LogP contribution < -0.4 is 15.0 Å². The van der Waals surface area contributed by atoms with E-state index in [2.05, 4.69) is 5.32 Å². The zero-order valence-electron chi connectivity index (χ0n) is 16.3. The monoisotopic (exact) mass is 390 g/mol. The van der Waals surface area contributed by atoms with Crippen molar-refractivity contribution in [1.82, 2.24) is 5.32 Å². The molecule has 0 radical (unpaired) electrons. The van der Waals surface area contributed by atoms with Gasteiger partial charge in [0.15, 0.2) is 5.76 Å². The maximum absolute atomic E-state index is 13.2. The number of amides is 2. The smallest absolute Gasteiger partial charge is 0.287 e. The molecule has 6 heteroatoms. The fourth-order valence-corrected chi connectivity index (χ4v) is 3.62. The van der Waals surface area contributed by atoms with E-state index in [1.807, 2.05) is 30.0 Å². The predicted octanol–water partition coefficient (Wildman–Crippen LogP) is 3.81. The van der Waals surface area contributed by atoms with Crippen LogP contribution in [0.15, 0.2) is 65.3 Å². The first kappa shape index (κ1) is 18.8. The van der Waals surface area contributed by atoms with E-state index in [-0.39, 0.29) is 23.6 Å². The molecule has 0 bridgehead atoms. The number of hydrogen-bond donors (Lipinski definition) is 1. The van der Waals surface area contributed by atoms with Gasteiger partial charge in [-0.1, -0.05) is 12.1 Å². The Morgan fingerprint density at radius 1 is 1.17 bits per heavy atom. The Morgan fingerprint density at radius 2 is 1.97 bits per heavy atom. The highest BCUT2D eigenvalue weighted by molar-refractivity contribution is 6.07. The molecule has 4 rings (SSSR count). The fraction of sp³-hybridized carbons (Fsp3) is 0.217. The van der Waals surface area contributed by atoms with Gasteiger partial charge in [0, 0.05) is 23.8 Å². The summed E-state index contributed by atoms with van der Waals surface area (Å²) in [6.45, 7) is 2.39. The summed E-state index contributed by atoms with van der Waals surface area (Å²) in [5.41, 5.74) is 3.55. The molecule has 0 aliphatic carbocycles. The number of nitrogens with zero attached hydrogens (tertiary/aromatic N) is 1. The molecule has 29 heavy (non-hydrogen) atoms. The third kappa shape index (κ3) is 3.74. The van der Waals surface area contributed by atoms with Gasteiger partial charge in [-0.05, 0) is 66.9 Å². The number of fused-ring (bicyclic) bond motifs is 1. The lowest BCUT2D eigenvalue weighted by Gasteiger charge is -2.23. The van der Waals surface area contributed by atoms with E-state index in [4.69, 9.17) is 9.15 Å². The van der Waals surface area contributed by atoms with Crippen molar-refractivity contribution in [1.29, 1.82) is 0 Å². The molecule has 0 fully saturated rings. The SMILES string of the molecule is COc1ccc(C(=O)N2c3cc(CNC(=O)c4ccco4)ccc3C[C@@H]2C)cc1. The lowest BCUT2D eigenvalue weighted by atomic mass is 10.1. The van der Waals surface area contributed by atoms with Crippen LogP contribution in [0, 0.1) is 0 Å². The van der Waals surface area contributed by atoms with E-state index in [1.54, 1.807) is 43.5 Å². The molecule has 1 atom stereocenters. The van der Waals surface area contributed by atoms with Gasteiger partial charge in [-0.3, -0.25) is 9.59 Å². The maximum atomic E-state index is 13.2. The van der Waals surface area contributed by atoms with Crippen LogP contribution in [-0.2, 0) is 13.0 Å². The molecule has 1 N–H and O–H groups in total. The summed E-state index contributed by atoms with van der Waals surface area (Å²) in [5.74, 6) is 0.674. The minimum absolute atomic E-state index is 0.0457. The summed E-state index contributed by atoms with van der Waals surface area (Å²) in [7, 11) is 1.60. The number of benzene rings is 2. The van der Waals surface area contributed by atoms with Gasteiger partial charge < -0.3 is 19.4 Å². The molecule has 2 aromatic carbocycles. The average Bonchev–Trinajstić information content (AvgIpc) is 3.39. The van der Waals surface area contributed by atoms with Crippen LogP contribution in [0.3, 0.4) is 0 Å². The lowest BCUT2D eigenvalue weighted by Crippen LogP contribution is -2.35.